The fraction of sp³-hybridized carbons (Fsp3) is 0.667. The van der Waals surface area contributed by atoms with Crippen molar-refractivity contribution in [3.05, 3.63) is 12.3 Å². The summed E-state index contributed by atoms with van der Waals surface area (Å²) < 4.78 is 0. The number of rotatable bonds is 3. The Bertz CT molecular complexity index is 404. The zero-order chi connectivity index (χ0) is 11.8. The van der Waals surface area contributed by atoms with Crippen LogP contribution in [0, 0.1) is 11.8 Å². The summed E-state index contributed by atoms with van der Waals surface area (Å²) in [6, 6.07) is 2.52. The molecule has 2 atom stereocenters. The first-order valence-corrected chi connectivity index (χ1v) is 6.28. The second-order valence-corrected chi connectivity index (χ2v) is 5.07. The lowest BCUT2D eigenvalue weighted by Gasteiger charge is -2.16. The van der Waals surface area contributed by atoms with E-state index in [1.165, 1.54) is 12.8 Å². The van der Waals surface area contributed by atoms with Gasteiger partial charge in [0.15, 0.2) is 0 Å². The van der Waals surface area contributed by atoms with Gasteiger partial charge in [-0.1, -0.05) is 0 Å². The lowest BCUT2D eigenvalue weighted by Crippen LogP contribution is -2.34. The molecule has 1 unspecified atom stereocenters. The summed E-state index contributed by atoms with van der Waals surface area (Å²) in [5, 5.41) is 3.43. The van der Waals surface area contributed by atoms with Crippen molar-refractivity contribution in [1.29, 1.82) is 0 Å². The molecule has 0 bridgehead atoms. The Hall–Kier alpha value is -1.36. The summed E-state index contributed by atoms with van der Waals surface area (Å²) >= 11 is 0. The van der Waals surface area contributed by atoms with E-state index in [-0.39, 0.29) is 0 Å². The van der Waals surface area contributed by atoms with Crippen LogP contribution in [0.15, 0.2) is 12.3 Å². The standard InChI is InChI=1S/C12H19N5/c1-14-10-7-17(6-9(10)8-2-3-8)11-4-5-15-12(13)16-11/h4-5,8-10,14H,2-3,6-7H2,1H3,(H2,13,15,16)/t9?,10-/m0/s1. The molecule has 2 fully saturated rings. The van der Waals surface area contributed by atoms with Crippen LogP contribution in [-0.4, -0.2) is 36.1 Å². The molecule has 1 aromatic rings. The molecule has 0 radical (unpaired) electrons. The maximum atomic E-state index is 5.64. The molecule has 1 aromatic heterocycles. The van der Waals surface area contributed by atoms with Crippen LogP contribution in [0.2, 0.25) is 0 Å². The molecule has 1 aliphatic carbocycles. The van der Waals surface area contributed by atoms with Crippen LogP contribution in [0.1, 0.15) is 12.8 Å². The summed E-state index contributed by atoms with van der Waals surface area (Å²) in [5.74, 6) is 2.99. The van der Waals surface area contributed by atoms with Gasteiger partial charge in [-0.2, -0.15) is 4.98 Å². The highest BCUT2D eigenvalue weighted by molar-refractivity contribution is 5.43. The van der Waals surface area contributed by atoms with Crippen molar-refractivity contribution in [2.24, 2.45) is 11.8 Å². The van der Waals surface area contributed by atoms with Crippen LogP contribution in [0.5, 0.6) is 0 Å². The number of anilines is 2. The summed E-state index contributed by atoms with van der Waals surface area (Å²) in [6.45, 7) is 2.11. The predicted molar refractivity (Wildman–Crippen MR) is 67.7 cm³/mol. The maximum absolute atomic E-state index is 5.64. The summed E-state index contributed by atoms with van der Waals surface area (Å²) in [5.41, 5.74) is 5.64. The van der Waals surface area contributed by atoms with E-state index in [4.69, 9.17) is 5.73 Å². The highest BCUT2D eigenvalue weighted by atomic mass is 15.3. The first-order chi connectivity index (χ1) is 8.28. The maximum Gasteiger partial charge on any atom is 0.221 e. The van der Waals surface area contributed by atoms with Gasteiger partial charge in [0.25, 0.3) is 0 Å². The molecule has 17 heavy (non-hydrogen) atoms. The SMILES string of the molecule is CN[C@H]1CN(c2ccnc(N)n2)CC1C1CC1. The molecule has 3 rings (SSSR count). The van der Waals surface area contributed by atoms with E-state index >= 15 is 0 Å². The monoisotopic (exact) mass is 233 g/mol. The molecule has 0 aromatic carbocycles. The van der Waals surface area contributed by atoms with E-state index in [0.717, 1.165) is 30.7 Å². The molecule has 2 heterocycles. The van der Waals surface area contributed by atoms with Gasteiger partial charge in [-0.25, -0.2) is 4.98 Å². The first kappa shape index (κ1) is 10.8. The Kier molecular flexibility index (Phi) is 2.63. The largest absolute Gasteiger partial charge is 0.368 e. The highest BCUT2D eigenvalue weighted by Gasteiger charge is 2.42. The lowest BCUT2D eigenvalue weighted by atomic mass is 9.98. The Morgan fingerprint density at radius 1 is 1.41 bits per heavy atom. The zero-order valence-electron chi connectivity index (χ0n) is 10.1. The molecule has 92 valence electrons. The number of nitrogen functional groups attached to an aromatic ring is 1. The van der Waals surface area contributed by atoms with Gasteiger partial charge in [0.2, 0.25) is 5.95 Å². The molecule has 2 aliphatic rings. The number of nitrogens with zero attached hydrogens (tertiary/aromatic N) is 3. The Morgan fingerprint density at radius 3 is 2.88 bits per heavy atom. The fourth-order valence-corrected chi connectivity index (χ4v) is 2.86. The fourth-order valence-electron chi connectivity index (χ4n) is 2.86. The van der Waals surface area contributed by atoms with Gasteiger partial charge in [-0.05, 0) is 37.8 Å². The minimum Gasteiger partial charge on any atom is -0.368 e. The van der Waals surface area contributed by atoms with Gasteiger partial charge in [0.05, 0.1) is 0 Å². The van der Waals surface area contributed by atoms with Crippen molar-refractivity contribution in [2.45, 2.75) is 18.9 Å². The number of hydrogen-bond acceptors (Lipinski definition) is 5. The van der Waals surface area contributed by atoms with E-state index in [0.29, 0.717) is 12.0 Å². The normalized spacial score (nSPS) is 28.6. The summed E-state index contributed by atoms with van der Waals surface area (Å²) in [6.07, 6.45) is 4.52. The molecule has 5 nitrogen and oxygen atoms in total. The number of hydrogen-bond donors (Lipinski definition) is 2. The third-order valence-electron chi connectivity index (χ3n) is 3.95. The van der Waals surface area contributed by atoms with Crippen LogP contribution in [0.3, 0.4) is 0 Å². The van der Waals surface area contributed by atoms with Gasteiger partial charge in [0.1, 0.15) is 5.82 Å². The van der Waals surface area contributed by atoms with Gasteiger partial charge in [0, 0.05) is 25.3 Å². The van der Waals surface area contributed by atoms with Crippen LogP contribution < -0.4 is 16.0 Å². The number of nitrogens with one attached hydrogen (secondary N) is 1. The predicted octanol–water partition coefficient (Wildman–Crippen LogP) is 0.493. The van der Waals surface area contributed by atoms with Gasteiger partial charge in [-0.3, -0.25) is 0 Å². The van der Waals surface area contributed by atoms with Crippen LogP contribution in [0.4, 0.5) is 11.8 Å². The number of likely N-dealkylation sites (N-methyl/N-ethyl adjacent to an activating group) is 1. The topological polar surface area (TPSA) is 67.1 Å². The molecule has 5 heteroatoms. The number of aromatic nitrogens is 2. The van der Waals surface area contributed by atoms with E-state index in [1.807, 2.05) is 6.07 Å². The smallest absolute Gasteiger partial charge is 0.221 e. The molecule has 1 saturated carbocycles. The molecule has 0 spiro atoms. The van der Waals surface area contributed by atoms with Crippen molar-refractivity contribution < 1.29 is 0 Å². The Morgan fingerprint density at radius 2 is 2.24 bits per heavy atom. The second kappa shape index (κ2) is 4.14. The zero-order valence-corrected chi connectivity index (χ0v) is 10.1. The number of nitrogens with two attached hydrogens (primary N) is 1. The molecule has 0 amide bonds. The van der Waals surface area contributed by atoms with Crippen molar-refractivity contribution in [2.75, 3.05) is 30.8 Å². The lowest BCUT2D eigenvalue weighted by molar-refractivity contribution is 0.409. The van der Waals surface area contributed by atoms with E-state index < -0.39 is 0 Å². The second-order valence-electron chi connectivity index (χ2n) is 5.07. The van der Waals surface area contributed by atoms with Gasteiger partial charge < -0.3 is 16.0 Å². The van der Waals surface area contributed by atoms with Gasteiger partial charge >= 0.3 is 0 Å². The molecule has 1 saturated heterocycles. The van der Waals surface area contributed by atoms with Crippen LogP contribution >= 0.6 is 0 Å². The summed E-state index contributed by atoms with van der Waals surface area (Å²) in [7, 11) is 2.05. The van der Waals surface area contributed by atoms with E-state index in [2.05, 4.69) is 27.2 Å². The van der Waals surface area contributed by atoms with Crippen LogP contribution in [0.25, 0.3) is 0 Å². The Labute approximate surface area is 101 Å². The minimum absolute atomic E-state index is 0.360. The molecular formula is C12H19N5. The van der Waals surface area contributed by atoms with E-state index in [9.17, 15) is 0 Å². The van der Waals surface area contributed by atoms with Gasteiger partial charge in [-0.15, -0.1) is 0 Å². The average Bonchev–Trinajstić information content (AvgIpc) is 3.08. The molecular weight excluding hydrogens is 214 g/mol. The van der Waals surface area contributed by atoms with Crippen LogP contribution in [-0.2, 0) is 0 Å². The van der Waals surface area contributed by atoms with Crippen molar-refractivity contribution in [1.82, 2.24) is 15.3 Å². The highest BCUT2D eigenvalue weighted by Crippen LogP contribution is 2.42. The Balaban J connectivity index is 1.77. The minimum atomic E-state index is 0.360. The van der Waals surface area contributed by atoms with Crippen molar-refractivity contribution >= 4 is 11.8 Å². The third-order valence-corrected chi connectivity index (χ3v) is 3.95. The average molecular weight is 233 g/mol. The first-order valence-electron chi connectivity index (χ1n) is 6.28. The third kappa shape index (κ3) is 2.07. The van der Waals surface area contributed by atoms with E-state index in [1.54, 1.807) is 6.20 Å². The van der Waals surface area contributed by atoms with Crippen molar-refractivity contribution in [3.63, 3.8) is 0 Å². The molecule has 3 N–H and O–H groups in total. The van der Waals surface area contributed by atoms with Crippen molar-refractivity contribution in [3.8, 4) is 0 Å². The quantitative estimate of drug-likeness (QED) is 0.795. The summed E-state index contributed by atoms with van der Waals surface area (Å²) in [4.78, 5) is 10.6. The molecule has 1 aliphatic heterocycles.